The van der Waals surface area contributed by atoms with Crippen LogP contribution in [0.25, 0.3) is 5.73 Å². The molecule has 5 heteroatoms. The van der Waals surface area contributed by atoms with Gasteiger partial charge in [-0.05, 0) is 0 Å². The second kappa shape index (κ2) is 17.7. The van der Waals surface area contributed by atoms with Gasteiger partial charge < -0.3 is 30.5 Å². The first-order valence-corrected chi connectivity index (χ1v) is 12.8. The average molecular weight is 480 g/mol. The minimum absolute atomic E-state index is 0. The molecule has 0 fully saturated rings. The van der Waals surface area contributed by atoms with Gasteiger partial charge in [0.15, 0.2) is 0 Å². The molecule has 2 aromatic carbocycles. The predicted molar refractivity (Wildman–Crippen MR) is 91.7 cm³/mol. The molecule has 1 nitrogen and oxygen atoms in total. The minimum Gasteiger partial charge on any atom is -1.00 e. The first kappa shape index (κ1) is 30.3. The van der Waals surface area contributed by atoms with Gasteiger partial charge in [0.05, 0.1) is 0 Å². The van der Waals surface area contributed by atoms with Crippen molar-refractivity contribution in [2.24, 2.45) is 0 Å². The quantitative estimate of drug-likeness (QED) is 0.351. The van der Waals surface area contributed by atoms with Crippen LogP contribution in [0.15, 0.2) is 36.4 Å². The fourth-order valence-corrected chi connectivity index (χ4v) is 1.57. The minimum atomic E-state index is 0. The molecular formula is C17H27Cl2GeNZr. The zero-order chi connectivity index (χ0) is 14.8. The fraction of sp³-hybridized carbons (Fsp3) is 0.353. The summed E-state index contributed by atoms with van der Waals surface area (Å²) in [6.45, 7) is 8.68. The Morgan fingerprint density at radius 3 is 1.50 bits per heavy atom. The summed E-state index contributed by atoms with van der Waals surface area (Å²) in [5.74, 6) is 4.62. The van der Waals surface area contributed by atoms with Gasteiger partial charge in [-0.1, -0.05) is 58.0 Å². The van der Waals surface area contributed by atoms with E-state index < -0.39 is 0 Å². The smallest absolute Gasteiger partial charge is 1.00 e. The Balaban J connectivity index is -0.000000114. The molecule has 2 aromatic rings. The van der Waals surface area contributed by atoms with Gasteiger partial charge in [0.1, 0.15) is 0 Å². The second-order valence-corrected chi connectivity index (χ2v) is 7.80. The molecule has 0 unspecified atom stereocenters. The third kappa shape index (κ3) is 12.9. The van der Waals surface area contributed by atoms with Gasteiger partial charge in [-0.3, -0.25) is 0 Å². The molecule has 0 saturated carbocycles. The normalized spacial score (nSPS) is 7.73. The van der Waals surface area contributed by atoms with E-state index >= 15 is 0 Å². The molecule has 0 amide bonds. The van der Waals surface area contributed by atoms with Crippen molar-refractivity contribution in [3.8, 4) is 0 Å². The summed E-state index contributed by atoms with van der Waals surface area (Å²) in [5, 5.41) is 0. The number of benzene rings is 1. The molecule has 0 aliphatic carbocycles. The van der Waals surface area contributed by atoms with Crippen molar-refractivity contribution in [1.29, 1.82) is 0 Å². The maximum Gasteiger partial charge on any atom is 4.00 e. The van der Waals surface area contributed by atoms with Crippen LogP contribution >= 0.6 is 0 Å². The number of halogens is 2. The van der Waals surface area contributed by atoms with Crippen molar-refractivity contribution in [1.82, 2.24) is 0 Å². The molecule has 0 radical (unpaired) electrons. The van der Waals surface area contributed by atoms with Crippen molar-refractivity contribution in [3.63, 3.8) is 0 Å². The zero-order valence-corrected chi connectivity index (χ0v) is 21.4. The van der Waals surface area contributed by atoms with E-state index in [4.69, 9.17) is 5.73 Å². The van der Waals surface area contributed by atoms with Gasteiger partial charge >= 0.3 is 53.1 Å². The van der Waals surface area contributed by atoms with Crippen molar-refractivity contribution >= 4 is 21.1 Å². The molecule has 0 bridgehead atoms. The van der Waals surface area contributed by atoms with Gasteiger partial charge in [0.25, 0.3) is 0 Å². The van der Waals surface area contributed by atoms with Crippen LogP contribution in [0.4, 0.5) is 5.69 Å². The van der Waals surface area contributed by atoms with E-state index in [1.165, 1.54) is 22.3 Å². The van der Waals surface area contributed by atoms with Gasteiger partial charge in [-0.25, -0.2) is 0 Å². The summed E-state index contributed by atoms with van der Waals surface area (Å²) < 4.78 is 0. The predicted octanol–water partition coefficient (Wildman–Crippen LogP) is -0.734. The van der Waals surface area contributed by atoms with Crippen LogP contribution in [0, 0.1) is 27.7 Å². The van der Waals surface area contributed by atoms with Crippen LogP contribution in [0.2, 0.25) is 11.5 Å². The van der Waals surface area contributed by atoms with E-state index in [1.54, 1.807) is 12.1 Å². The maximum absolute atomic E-state index is 7.00. The number of rotatable bonds is 0. The van der Waals surface area contributed by atoms with E-state index in [2.05, 4.69) is 45.3 Å². The maximum atomic E-state index is 7.00. The summed E-state index contributed by atoms with van der Waals surface area (Å²) in [5.41, 5.74) is 13.3. The van der Waals surface area contributed by atoms with E-state index in [1.807, 2.05) is 18.2 Å². The van der Waals surface area contributed by atoms with Crippen molar-refractivity contribution in [2.45, 2.75) is 39.2 Å². The summed E-state index contributed by atoms with van der Waals surface area (Å²) in [4.78, 5) is 0. The molecule has 0 aliphatic rings. The van der Waals surface area contributed by atoms with Crippen molar-refractivity contribution in [3.05, 3.63) is 64.4 Å². The van der Waals surface area contributed by atoms with Crippen LogP contribution in [0.5, 0.6) is 0 Å². The molecule has 0 atom stereocenters. The molecular weight excluding hydrogens is 453 g/mol. The molecule has 0 saturated heterocycles. The first-order chi connectivity index (χ1) is 8.93. The average Bonchev–Trinajstić information content (AvgIpc) is 2.59. The van der Waals surface area contributed by atoms with Crippen LogP contribution in [-0.4, -0.2) is 15.4 Å². The topological polar surface area (TPSA) is 23.8 Å². The zero-order valence-electron chi connectivity index (χ0n) is 14.4. The van der Waals surface area contributed by atoms with E-state index in [0.717, 1.165) is 0 Å². The number of hydrogen-bond donors (Lipinski definition) is 0. The van der Waals surface area contributed by atoms with Gasteiger partial charge in [0, 0.05) is 0 Å². The standard InChI is InChI=1S/C9H13.C6H6N.C2H8Ge.2ClH.Zr/c1-6-5-7(2)9(4)8(6)3;7-6-4-2-1-3-5-6;1-3-2;;;/h5H,1-4H3;1-5,7H;3H2,1-2H3;2*1H;/q2*-1;;;;+4/p-2. The summed E-state index contributed by atoms with van der Waals surface area (Å²) in [7, 11) is 0. The van der Waals surface area contributed by atoms with Crippen molar-refractivity contribution in [2.75, 3.05) is 0 Å². The van der Waals surface area contributed by atoms with Gasteiger partial charge in [0.2, 0.25) is 0 Å². The first-order valence-electron chi connectivity index (χ1n) is 6.90. The van der Waals surface area contributed by atoms with Gasteiger partial charge in [-0.2, -0.15) is 28.3 Å². The fourth-order valence-electron chi connectivity index (χ4n) is 1.57. The Bertz CT molecular complexity index is 451. The molecule has 122 valence electrons. The van der Waals surface area contributed by atoms with Crippen LogP contribution in [0.3, 0.4) is 0 Å². The molecule has 1 N–H and O–H groups in total. The molecule has 2 rings (SSSR count). The monoisotopic (exact) mass is 479 g/mol. The molecule has 0 spiro atoms. The Morgan fingerprint density at radius 1 is 0.955 bits per heavy atom. The molecule has 22 heavy (non-hydrogen) atoms. The Hall–Kier alpha value is 0.376. The van der Waals surface area contributed by atoms with Crippen LogP contribution in [-0.2, 0) is 26.2 Å². The number of aryl methyl sites for hydroxylation is 2. The third-order valence-corrected chi connectivity index (χ3v) is 2.95. The van der Waals surface area contributed by atoms with Crippen molar-refractivity contribution < 1.29 is 51.0 Å². The molecule has 0 heterocycles. The SMILES string of the molecule is Cc1c[c-](C)c(C)c1C.[CH3][GeH2][CH3].[Cl-].[Cl-].[NH-]c1ccccc1.[Zr+4]. The molecule has 0 aliphatic heterocycles. The van der Waals surface area contributed by atoms with E-state index in [-0.39, 0.29) is 66.4 Å². The summed E-state index contributed by atoms with van der Waals surface area (Å²) in [6, 6.07) is 11.3. The Kier molecular flexibility index (Phi) is 24.4. The third-order valence-electron chi connectivity index (χ3n) is 2.95. The Morgan fingerprint density at radius 2 is 1.36 bits per heavy atom. The van der Waals surface area contributed by atoms with E-state index in [9.17, 15) is 0 Å². The van der Waals surface area contributed by atoms with Crippen LogP contribution < -0.4 is 24.8 Å². The number of nitrogens with one attached hydrogen (secondary N) is 1. The summed E-state index contributed by atoms with van der Waals surface area (Å²) in [6.07, 6.45) is 0. The second-order valence-electron chi connectivity index (χ2n) is 4.83. The van der Waals surface area contributed by atoms with E-state index in [0.29, 0.717) is 5.69 Å². The van der Waals surface area contributed by atoms with Gasteiger partial charge in [-0.15, -0.1) is 5.69 Å². The Labute approximate surface area is 174 Å². The molecule has 0 aromatic heterocycles. The number of hydrogen-bond acceptors (Lipinski definition) is 0. The summed E-state index contributed by atoms with van der Waals surface area (Å²) >= 11 is 0.125. The van der Waals surface area contributed by atoms with Crippen LogP contribution in [0.1, 0.15) is 22.3 Å². The largest absolute Gasteiger partial charge is 4.00 e.